The third kappa shape index (κ3) is 8.76. The molecule has 0 aliphatic heterocycles. The largest absolute Gasteiger partial charge is 0.368 e. The number of Topliss-reactive ketones (excluding diaryl/α,β-unsaturated/α-hetero) is 1. The van der Waals surface area contributed by atoms with Gasteiger partial charge in [-0.15, -0.1) is 11.8 Å². The van der Waals surface area contributed by atoms with Gasteiger partial charge in [-0.3, -0.25) is 9.59 Å². The van der Waals surface area contributed by atoms with Gasteiger partial charge in [0.05, 0.1) is 28.4 Å². The molecule has 64 heavy (non-hydrogen) atoms. The van der Waals surface area contributed by atoms with Crippen LogP contribution in [-0.4, -0.2) is 29.1 Å². The molecule has 0 fully saturated rings. The second-order valence-electron chi connectivity index (χ2n) is 18.7. The Kier molecular flexibility index (Phi) is 13.9. The third-order valence-corrected chi connectivity index (χ3v) is 14.4. The van der Waals surface area contributed by atoms with Crippen molar-refractivity contribution in [1.29, 1.82) is 0 Å². The third-order valence-electron chi connectivity index (χ3n) is 12.7. The minimum Gasteiger partial charge on any atom is -0.368 e. The van der Waals surface area contributed by atoms with Crippen molar-refractivity contribution >= 4 is 23.5 Å². The summed E-state index contributed by atoms with van der Waals surface area (Å²) >= 11 is 1.66. The van der Waals surface area contributed by atoms with Gasteiger partial charge in [-0.1, -0.05) is 236 Å². The molecule has 1 unspecified atom stereocenters. The molecular formula is C59H61NO3S. The number of hydrogen-bond acceptors (Lipinski definition) is 4. The molecule has 0 spiro atoms. The molecule has 0 bridgehead atoms. The SMILES string of the molecule is CC(=O)C(CSC(c1ccccc1)(c1ccccc1)c1ccccc1)NC(=O)c1ccc(COC(C(C)(C)C)(C(C)(C)C)C(c2ccccc2)(c2ccccc2)c2ccccc2)cc1. The van der Waals surface area contributed by atoms with Crippen molar-refractivity contribution in [1.82, 2.24) is 5.32 Å². The van der Waals surface area contributed by atoms with E-state index in [9.17, 15) is 9.59 Å². The summed E-state index contributed by atoms with van der Waals surface area (Å²) in [5.74, 6) is -0.0410. The summed E-state index contributed by atoms with van der Waals surface area (Å²) in [4.78, 5) is 27.5. The summed E-state index contributed by atoms with van der Waals surface area (Å²) in [5.41, 5.74) is 5.75. The van der Waals surface area contributed by atoms with Gasteiger partial charge in [-0.25, -0.2) is 0 Å². The molecule has 0 saturated carbocycles. The first-order chi connectivity index (χ1) is 30.8. The van der Waals surface area contributed by atoms with Crippen LogP contribution < -0.4 is 5.32 Å². The molecular weight excluding hydrogens is 803 g/mol. The Bertz CT molecular complexity index is 2360. The van der Waals surface area contributed by atoms with E-state index in [0.717, 1.165) is 38.9 Å². The Hall–Kier alpha value is -6.01. The number of thioether (sulfide) groups is 1. The number of ketones is 1. The molecule has 326 valence electrons. The highest BCUT2D eigenvalue weighted by atomic mass is 32.2. The molecule has 0 aliphatic rings. The van der Waals surface area contributed by atoms with E-state index in [2.05, 4.69) is 174 Å². The minimum atomic E-state index is -0.839. The van der Waals surface area contributed by atoms with Gasteiger partial charge in [0.1, 0.15) is 0 Å². The Morgan fingerprint density at radius 3 is 1.12 bits per heavy atom. The van der Waals surface area contributed by atoms with E-state index in [0.29, 0.717) is 17.9 Å². The van der Waals surface area contributed by atoms with Crippen LogP contribution in [0.3, 0.4) is 0 Å². The highest BCUT2D eigenvalue weighted by Gasteiger charge is 2.66. The van der Waals surface area contributed by atoms with Crippen LogP contribution in [0.1, 0.15) is 97.8 Å². The smallest absolute Gasteiger partial charge is 0.251 e. The molecule has 1 N–H and O–H groups in total. The molecule has 1 amide bonds. The Morgan fingerprint density at radius 1 is 0.484 bits per heavy atom. The summed E-state index contributed by atoms with van der Waals surface area (Å²) in [7, 11) is 0. The van der Waals surface area contributed by atoms with E-state index in [4.69, 9.17) is 4.74 Å². The van der Waals surface area contributed by atoms with E-state index in [1.165, 1.54) is 0 Å². The van der Waals surface area contributed by atoms with Gasteiger partial charge >= 0.3 is 0 Å². The summed E-state index contributed by atoms with van der Waals surface area (Å²) in [5, 5.41) is 3.11. The quantitative estimate of drug-likeness (QED) is 0.0984. The maximum absolute atomic E-state index is 14.1. The van der Waals surface area contributed by atoms with Gasteiger partial charge < -0.3 is 10.1 Å². The zero-order valence-electron chi connectivity index (χ0n) is 38.3. The van der Waals surface area contributed by atoms with Crippen LogP contribution in [0.25, 0.3) is 0 Å². The van der Waals surface area contributed by atoms with Gasteiger partial charge in [0.2, 0.25) is 0 Å². The lowest BCUT2D eigenvalue weighted by molar-refractivity contribution is -0.216. The highest BCUT2D eigenvalue weighted by Crippen LogP contribution is 2.63. The number of nitrogens with one attached hydrogen (secondary N) is 1. The summed E-state index contributed by atoms with van der Waals surface area (Å²) in [6.07, 6.45) is 0. The molecule has 0 aliphatic carbocycles. The first kappa shape index (κ1) is 46.0. The van der Waals surface area contributed by atoms with Crippen molar-refractivity contribution in [2.24, 2.45) is 10.8 Å². The first-order valence-electron chi connectivity index (χ1n) is 22.3. The van der Waals surface area contributed by atoms with Crippen molar-refractivity contribution in [2.75, 3.05) is 5.75 Å². The number of hydrogen-bond donors (Lipinski definition) is 1. The molecule has 7 rings (SSSR count). The molecule has 0 aromatic heterocycles. The fourth-order valence-electron chi connectivity index (χ4n) is 10.4. The predicted octanol–water partition coefficient (Wildman–Crippen LogP) is 13.5. The van der Waals surface area contributed by atoms with Crippen LogP contribution >= 0.6 is 11.8 Å². The number of carbonyl (C=O) groups is 2. The molecule has 0 radical (unpaired) electrons. The number of ether oxygens (including phenoxy) is 1. The van der Waals surface area contributed by atoms with E-state index in [1.807, 2.05) is 78.9 Å². The Morgan fingerprint density at radius 2 is 0.812 bits per heavy atom. The zero-order valence-corrected chi connectivity index (χ0v) is 39.1. The lowest BCUT2D eigenvalue weighted by Crippen LogP contribution is -2.68. The minimum absolute atomic E-state index is 0.103. The van der Waals surface area contributed by atoms with E-state index in [-0.39, 0.29) is 11.7 Å². The van der Waals surface area contributed by atoms with Gasteiger partial charge in [0.15, 0.2) is 5.78 Å². The topological polar surface area (TPSA) is 55.4 Å². The second kappa shape index (κ2) is 19.4. The van der Waals surface area contributed by atoms with Gasteiger partial charge in [-0.2, -0.15) is 0 Å². The maximum atomic E-state index is 14.1. The fourth-order valence-corrected chi connectivity index (χ4v) is 12.0. The van der Waals surface area contributed by atoms with Crippen LogP contribution in [0.2, 0.25) is 0 Å². The zero-order chi connectivity index (χ0) is 45.4. The van der Waals surface area contributed by atoms with Crippen LogP contribution in [0.15, 0.2) is 206 Å². The van der Waals surface area contributed by atoms with E-state index >= 15 is 0 Å². The lowest BCUT2D eigenvalue weighted by atomic mass is 9.45. The fraction of sp³-hybridized carbons (Fsp3) is 0.254. The normalized spacial score (nSPS) is 12.9. The molecule has 0 saturated heterocycles. The number of benzene rings is 7. The molecule has 4 nitrogen and oxygen atoms in total. The Labute approximate surface area is 385 Å². The van der Waals surface area contributed by atoms with E-state index < -0.39 is 32.6 Å². The molecule has 7 aromatic carbocycles. The molecule has 0 heterocycles. The molecule has 7 aromatic rings. The highest BCUT2D eigenvalue weighted by molar-refractivity contribution is 8.00. The standard InChI is InChI=1S/C59H61NO3S/c1-44(61)53(43-64-58(50-32-20-11-21-33-50,51-34-22-12-23-35-51)52-36-24-13-25-37-52)60-54(62)46-40-38-45(39-41-46)42-63-59(55(2,3)4,56(5,6)7)57(47-26-14-8-15-27-47,48-28-16-9-17-29-48)49-30-18-10-19-31-49/h8-41,53H,42-43H2,1-7H3,(H,60,62). The average molecular weight is 864 g/mol. The van der Waals surface area contributed by atoms with Gasteiger partial charge in [0, 0.05) is 11.3 Å². The van der Waals surface area contributed by atoms with Crippen molar-refractivity contribution in [3.8, 4) is 0 Å². The van der Waals surface area contributed by atoms with Crippen molar-refractivity contribution in [2.45, 2.75) is 76.9 Å². The monoisotopic (exact) mass is 863 g/mol. The van der Waals surface area contributed by atoms with Gasteiger partial charge in [-0.05, 0) is 68.8 Å². The maximum Gasteiger partial charge on any atom is 0.251 e. The average Bonchev–Trinajstić information content (AvgIpc) is 3.31. The second-order valence-corrected chi connectivity index (χ2v) is 20.0. The lowest BCUT2D eigenvalue weighted by Gasteiger charge is -2.63. The number of amides is 1. The summed E-state index contributed by atoms with van der Waals surface area (Å²) < 4.78 is 7.07. The van der Waals surface area contributed by atoms with Crippen LogP contribution in [0, 0.1) is 10.8 Å². The van der Waals surface area contributed by atoms with Crippen LogP contribution in [0.5, 0.6) is 0 Å². The van der Waals surface area contributed by atoms with Gasteiger partial charge in [0.25, 0.3) is 5.91 Å². The predicted molar refractivity (Wildman–Crippen MR) is 266 cm³/mol. The van der Waals surface area contributed by atoms with Crippen LogP contribution in [0.4, 0.5) is 0 Å². The van der Waals surface area contributed by atoms with Crippen molar-refractivity contribution in [3.63, 3.8) is 0 Å². The van der Waals surface area contributed by atoms with E-state index in [1.54, 1.807) is 18.7 Å². The molecule has 1 atom stereocenters. The van der Waals surface area contributed by atoms with Crippen molar-refractivity contribution in [3.05, 3.63) is 251 Å². The van der Waals surface area contributed by atoms with Crippen molar-refractivity contribution < 1.29 is 14.3 Å². The number of rotatable bonds is 16. The summed E-state index contributed by atoms with van der Waals surface area (Å²) in [6.45, 7) is 15.6. The first-order valence-corrected chi connectivity index (χ1v) is 23.3. The Balaban J connectivity index is 1.20. The van der Waals surface area contributed by atoms with Crippen LogP contribution in [-0.2, 0) is 26.3 Å². The molecule has 5 heteroatoms. The number of carbonyl (C=O) groups excluding carboxylic acids is 2. The summed E-state index contributed by atoms with van der Waals surface area (Å²) in [6, 6.07) is 70.5.